The molecule has 6 heteroatoms. The monoisotopic (exact) mass is 535 g/mol. The molecule has 0 saturated heterocycles. The predicted molar refractivity (Wildman–Crippen MR) is 164 cm³/mol. The molecule has 0 aliphatic rings. The van der Waals surface area contributed by atoms with E-state index in [2.05, 4.69) is 84.0 Å². The lowest BCUT2D eigenvalue weighted by molar-refractivity contribution is 0.483. The topological polar surface area (TPSA) is 57.8 Å². The van der Waals surface area contributed by atoms with Crippen molar-refractivity contribution < 1.29 is 4.74 Å². The van der Waals surface area contributed by atoms with E-state index >= 15 is 0 Å². The smallest absolute Gasteiger partial charge is 0.181 e. The Morgan fingerprint density at radius 3 is 2.29 bits per heavy atom. The number of aromatic nitrogens is 5. The van der Waals surface area contributed by atoms with Gasteiger partial charge in [0.15, 0.2) is 5.82 Å². The third-order valence-electron chi connectivity index (χ3n) is 7.33. The molecule has 200 valence electrons. The number of benzene rings is 4. The highest BCUT2D eigenvalue weighted by Crippen LogP contribution is 2.36. The number of para-hydroxylation sites is 1. The van der Waals surface area contributed by atoms with E-state index in [0.29, 0.717) is 11.6 Å². The Morgan fingerprint density at radius 2 is 1.44 bits per heavy atom. The van der Waals surface area contributed by atoms with Crippen LogP contribution in [0.4, 0.5) is 0 Å². The van der Waals surface area contributed by atoms with E-state index in [1.54, 1.807) is 11.0 Å². The van der Waals surface area contributed by atoms with Crippen molar-refractivity contribution in [3.8, 4) is 34.4 Å². The molecule has 7 rings (SSSR count). The van der Waals surface area contributed by atoms with Crippen molar-refractivity contribution in [3.05, 3.63) is 127 Å². The summed E-state index contributed by atoms with van der Waals surface area (Å²) in [6.07, 6.45) is 3.63. The van der Waals surface area contributed by atoms with Crippen LogP contribution in [0.5, 0.6) is 11.5 Å². The van der Waals surface area contributed by atoms with Gasteiger partial charge >= 0.3 is 0 Å². The Bertz CT molecular complexity index is 2010. The summed E-state index contributed by atoms with van der Waals surface area (Å²) in [5.41, 5.74) is 5.26. The molecule has 3 heterocycles. The molecular weight excluding hydrogens is 506 g/mol. The molecule has 0 aliphatic heterocycles. The first-order chi connectivity index (χ1) is 19.9. The van der Waals surface area contributed by atoms with Gasteiger partial charge in [-0.15, -0.1) is 5.10 Å². The second-order valence-corrected chi connectivity index (χ2v) is 11.2. The summed E-state index contributed by atoms with van der Waals surface area (Å²) in [7, 11) is 0. The highest BCUT2D eigenvalue weighted by Gasteiger charge is 2.18. The summed E-state index contributed by atoms with van der Waals surface area (Å²) in [5.74, 6) is 3.03. The molecule has 0 fully saturated rings. The quantitative estimate of drug-likeness (QED) is 0.222. The van der Waals surface area contributed by atoms with E-state index in [9.17, 15) is 0 Å². The van der Waals surface area contributed by atoms with Crippen molar-refractivity contribution in [3.63, 3.8) is 0 Å². The van der Waals surface area contributed by atoms with Gasteiger partial charge in [0.05, 0.1) is 16.7 Å². The number of nitrogens with zero attached hydrogens (tertiary/aromatic N) is 5. The zero-order valence-electron chi connectivity index (χ0n) is 23.2. The number of ether oxygens (including phenoxy) is 1. The van der Waals surface area contributed by atoms with Crippen LogP contribution in [0.3, 0.4) is 0 Å². The SMILES string of the molecule is CC(C)(C)c1ccnc(-n2c3ccccc3c3ccc(Oc4cccc(-n5cnc(-c6ccccc6)n5)c4)cc32)c1. The van der Waals surface area contributed by atoms with E-state index in [1.165, 1.54) is 10.9 Å². The predicted octanol–water partition coefficient (Wildman–Crippen LogP) is 8.52. The molecule has 4 aromatic carbocycles. The second kappa shape index (κ2) is 9.75. The molecule has 7 aromatic rings. The van der Waals surface area contributed by atoms with Crippen LogP contribution in [-0.2, 0) is 5.41 Å². The summed E-state index contributed by atoms with van der Waals surface area (Å²) in [4.78, 5) is 9.28. The Labute approximate surface area is 238 Å². The van der Waals surface area contributed by atoms with Gasteiger partial charge in [-0.05, 0) is 53.4 Å². The van der Waals surface area contributed by atoms with Gasteiger partial charge in [-0.3, -0.25) is 4.57 Å². The van der Waals surface area contributed by atoms with E-state index < -0.39 is 0 Å². The van der Waals surface area contributed by atoms with Crippen molar-refractivity contribution in [2.75, 3.05) is 0 Å². The summed E-state index contributed by atoms with van der Waals surface area (Å²) in [6.45, 7) is 6.67. The second-order valence-electron chi connectivity index (χ2n) is 11.2. The lowest BCUT2D eigenvalue weighted by Gasteiger charge is -2.20. The first-order valence-corrected chi connectivity index (χ1v) is 13.7. The fraction of sp³-hybridized carbons (Fsp3) is 0.114. The maximum absolute atomic E-state index is 6.41. The van der Waals surface area contributed by atoms with Gasteiger partial charge in [-0.2, -0.15) is 0 Å². The molecule has 0 atom stereocenters. The van der Waals surface area contributed by atoms with Crippen molar-refractivity contribution >= 4 is 21.8 Å². The molecule has 0 spiro atoms. The van der Waals surface area contributed by atoms with Crippen molar-refractivity contribution in [2.45, 2.75) is 26.2 Å². The number of hydrogen-bond acceptors (Lipinski definition) is 4. The van der Waals surface area contributed by atoms with Crippen LogP contribution >= 0.6 is 0 Å². The van der Waals surface area contributed by atoms with E-state index in [1.807, 2.05) is 66.9 Å². The number of pyridine rings is 1. The van der Waals surface area contributed by atoms with Gasteiger partial charge in [-0.25, -0.2) is 14.6 Å². The van der Waals surface area contributed by atoms with Gasteiger partial charge < -0.3 is 4.74 Å². The van der Waals surface area contributed by atoms with Crippen LogP contribution in [0.1, 0.15) is 26.3 Å². The normalized spacial score (nSPS) is 11.8. The summed E-state index contributed by atoms with van der Waals surface area (Å²) in [5, 5.41) is 7.01. The molecule has 41 heavy (non-hydrogen) atoms. The molecule has 0 bridgehead atoms. The Morgan fingerprint density at radius 1 is 0.659 bits per heavy atom. The van der Waals surface area contributed by atoms with Crippen LogP contribution in [0.2, 0.25) is 0 Å². The van der Waals surface area contributed by atoms with Crippen LogP contribution in [-0.4, -0.2) is 24.3 Å². The largest absolute Gasteiger partial charge is 0.457 e. The van der Waals surface area contributed by atoms with E-state index in [0.717, 1.165) is 39.2 Å². The third-order valence-corrected chi connectivity index (χ3v) is 7.33. The zero-order valence-corrected chi connectivity index (χ0v) is 23.2. The molecule has 0 radical (unpaired) electrons. The van der Waals surface area contributed by atoms with Crippen molar-refractivity contribution in [1.82, 2.24) is 24.3 Å². The molecule has 0 aliphatic carbocycles. The third kappa shape index (κ3) is 4.63. The molecule has 3 aromatic heterocycles. The fourth-order valence-corrected chi connectivity index (χ4v) is 5.20. The van der Waals surface area contributed by atoms with Gasteiger partial charge in [-0.1, -0.05) is 75.4 Å². The average Bonchev–Trinajstić information content (AvgIpc) is 3.61. The van der Waals surface area contributed by atoms with Crippen LogP contribution in [0, 0.1) is 0 Å². The minimum absolute atomic E-state index is 0.0156. The summed E-state index contributed by atoms with van der Waals surface area (Å²) in [6, 6.07) is 36.8. The van der Waals surface area contributed by atoms with Crippen molar-refractivity contribution in [1.29, 1.82) is 0 Å². The van der Waals surface area contributed by atoms with E-state index in [-0.39, 0.29) is 5.41 Å². The number of fused-ring (bicyclic) bond motifs is 3. The molecule has 0 N–H and O–H groups in total. The van der Waals surface area contributed by atoms with Crippen molar-refractivity contribution in [2.24, 2.45) is 0 Å². The van der Waals surface area contributed by atoms with Crippen LogP contribution < -0.4 is 4.74 Å². The fourth-order valence-electron chi connectivity index (χ4n) is 5.20. The Hall–Kier alpha value is -5.23. The maximum atomic E-state index is 6.41. The van der Waals surface area contributed by atoms with E-state index in [4.69, 9.17) is 9.72 Å². The first-order valence-electron chi connectivity index (χ1n) is 13.7. The highest BCUT2D eigenvalue weighted by atomic mass is 16.5. The summed E-state index contributed by atoms with van der Waals surface area (Å²) < 4.78 is 10.4. The van der Waals surface area contributed by atoms with Gasteiger partial charge in [0, 0.05) is 34.7 Å². The van der Waals surface area contributed by atoms with Gasteiger partial charge in [0.25, 0.3) is 0 Å². The number of hydrogen-bond donors (Lipinski definition) is 0. The molecule has 0 amide bonds. The average molecular weight is 536 g/mol. The minimum atomic E-state index is 0.0156. The molecule has 0 saturated carbocycles. The molecule has 0 unspecified atom stereocenters. The van der Waals surface area contributed by atoms with Gasteiger partial charge in [0.1, 0.15) is 23.6 Å². The zero-order chi connectivity index (χ0) is 28.0. The van der Waals surface area contributed by atoms with Crippen LogP contribution in [0.25, 0.3) is 44.7 Å². The molecule has 6 nitrogen and oxygen atoms in total. The standard InChI is InChI=1S/C35H29N5O/c1-35(2,3)25-18-19-36-33(20-25)40-31-15-8-7-14-29(31)30-17-16-28(22-32(30)40)41-27-13-9-12-26(21-27)39-23-37-34(38-39)24-10-5-4-6-11-24/h4-23H,1-3H3. The maximum Gasteiger partial charge on any atom is 0.181 e. The lowest BCUT2D eigenvalue weighted by Crippen LogP contribution is -2.12. The molecular formula is C35H29N5O. The lowest BCUT2D eigenvalue weighted by atomic mass is 9.88. The van der Waals surface area contributed by atoms with Gasteiger partial charge in [0.2, 0.25) is 0 Å². The minimum Gasteiger partial charge on any atom is -0.457 e. The highest BCUT2D eigenvalue weighted by molar-refractivity contribution is 6.09. The Balaban J connectivity index is 1.27. The number of rotatable bonds is 5. The summed E-state index contributed by atoms with van der Waals surface area (Å²) >= 11 is 0. The first kappa shape index (κ1) is 24.8. The van der Waals surface area contributed by atoms with Crippen LogP contribution in [0.15, 0.2) is 122 Å². The Kier molecular flexibility index (Phi) is 5.89.